The molecule has 0 radical (unpaired) electrons. The Labute approximate surface area is 612 Å². The minimum atomic E-state index is 0.563. The number of furan rings is 2. The summed E-state index contributed by atoms with van der Waals surface area (Å²) in [5.74, 6) is 3.60. The van der Waals surface area contributed by atoms with E-state index in [-0.39, 0.29) is 0 Å². The highest BCUT2D eigenvalue weighted by Gasteiger charge is 2.24. The van der Waals surface area contributed by atoms with E-state index < -0.39 is 0 Å². The average molecular weight is 1370 g/mol. The van der Waals surface area contributed by atoms with Gasteiger partial charge in [-0.1, -0.05) is 261 Å². The fourth-order valence-electron chi connectivity index (χ4n) is 15.6. The Kier molecular flexibility index (Phi) is 14.3. The first-order valence-corrected chi connectivity index (χ1v) is 35.8. The molecule has 0 aliphatic heterocycles. The number of hydrogen-bond donors (Lipinski definition) is 0. The largest absolute Gasteiger partial charge is 0.456 e. The molecule has 0 aliphatic rings. The van der Waals surface area contributed by atoms with Crippen LogP contribution in [-0.2, 0) is 0 Å². The molecule has 7 aromatic heterocycles. The van der Waals surface area contributed by atoms with Crippen molar-refractivity contribution in [2.75, 3.05) is 0 Å². The summed E-state index contributed by atoms with van der Waals surface area (Å²) in [7, 11) is 0. The number of rotatable bonds is 10. The molecule has 0 unspecified atom stereocenters. The summed E-state index contributed by atoms with van der Waals surface area (Å²) in [6, 6.07) is 124. The lowest BCUT2D eigenvalue weighted by Crippen LogP contribution is -2.06. The van der Waals surface area contributed by atoms with Gasteiger partial charge in [0.1, 0.15) is 22.3 Å². The molecule has 22 aromatic rings. The fraction of sp³-hybridized carbons (Fsp3) is 0. The van der Waals surface area contributed by atoms with E-state index >= 15 is 0 Å². The minimum absolute atomic E-state index is 0.563. The van der Waals surface area contributed by atoms with Gasteiger partial charge < -0.3 is 13.4 Å². The predicted octanol–water partition coefficient (Wildman–Crippen LogP) is 24.5. The summed E-state index contributed by atoms with van der Waals surface area (Å²) < 4.78 is 19.0. The van der Waals surface area contributed by atoms with Crippen molar-refractivity contribution in [3.8, 4) is 96.5 Å². The maximum absolute atomic E-state index is 6.14. The van der Waals surface area contributed by atoms with Gasteiger partial charge in [0.15, 0.2) is 23.3 Å². The topological polar surface area (TPSA) is 118 Å². The van der Waals surface area contributed by atoms with Gasteiger partial charge in [-0.25, -0.2) is 9.97 Å². The normalized spacial score (nSPS) is 11.7. The molecule has 107 heavy (non-hydrogen) atoms. The lowest BCUT2D eigenvalue weighted by molar-refractivity contribution is 0.668. The molecule has 0 saturated carbocycles. The van der Waals surface area contributed by atoms with Crippen LogP contribution in [0.2, 0.25) is 0 Å². The van der Waals surface area contributed by atoms with Gasteiger partial charge in [-0.05, 0) is 130 Å². The van der Waals surface area contributed by atoms with E-state index in [2.05, 4.69) is 262 Å². The van der Waals surface area contributed by atoms with Gasteiger partial charge in [-0.15, -0.1) is 0 Å². The van der Waals surface area contributed by atoms with E-state index in [9.17, 15) is 0 Å². The molecule has 22 rings (SSSR count). The van der Waals surface area contributed by atoms with Crippen LogP contribution in [0.1, 0.15) is 0 Å². The minimum Gasteiger partial charge on any atom is -0.456 e. The Morgan fingerprint density at radius 2 is 0.467 bits per heavy atom. The first-order valence-electron chi connectivity index (χ1n) is 35.8. The van der Waals surface area contributed by atoms with Crippen LogP contribution in [-0.4, -0.2) is 43.6 Å². The molecule has 0 fully saturated rings. The van der Waals surface area contributed by atoms with Crippen LogP contribution < -0.4 is 0 Å². The SMILES string of the molecule is c1ccc(-c2ccc3c4cc(-c5ccc6oc7ccccc7c6c5)ccc4n(-c4nc(-c5ccccc5)nc(-c5ccccc5)n4)c3c2)cc1.c1ccc(-c2nc(-c3ccc4c5ccccc5n(-c5ccccc5)c4c3)nc(-n3c4ccccc4c4cc(-c5ccc6oc7ccccc7c6c5)ccc43)n2)cc1. The molecule has 0 atom stereocenters. The molecule has 0 bridgehead atoms. The maximum Gasteiger partial charge on any atom is 0.238 e. The number of nitrogens with zero attached hydrogens (tertiary/aromatic N) is 9. The number of aromatic nitrogens is 9. The second kappa shape index (κ2) is 25.1. The van der Waals surface area contributed by atoms with Crippen molar-refractivity contribution < 1.29 is 8.83 Å². The van der Waals surface area contributed by atoms with Gasteiger partial charge in [-0.3, -0.25) is 9.13 Å². The van der Waals surface area contributed by atoms with Crippen LogP contribution in [0.25, 0.3) is 206 Å². The highest BCUT2D eigenvalue weighted by atomic mass is 16.3. The van der Waals surface area contributed by atoms with Gasteiger partial charge in [-0.2, -0.15) is 19.9 Å². The van der Waals surface area contributed by atoms with Crippen LogP contribution in [0, 0.1) is 0 Å². The van der Waals surface area contributed by atoms with E-state index in [1.807, 2.05) is 109 Å². The second-order valence-electron chi connectivity index (χ2n) is 27.0. The van der Waals surface area contributed by atoms with Crippen molar-refractivity contribution in [2.45, 2.75) is 0 Å². The highest BCUT2D eigenvalue weighted by molar-refractivity contribution is 6.14. The van der Waals surface area contributed by atoms with Gasteiger partial charge >= 0.3 is 0 Å². The molecule has 0 amide bonds. The summed E-state index contributed by atoms with van der Waals surface area (Å²) >= 11 is 0. The summed E-state index contributed by atoms with van der Waals surface area (Å²) in [6.45, 7) is 0. The smallest absolute Gasteiger partial charge is 0.238 e. The van der Waals surface area contributed by atoms with Crippen molar-refractivity contribution in [1.29, 1.82) is 0 Å². The molecular formula is C96H59N9O2. The van der Waals surface area contributed by atoms with Crippen LogP contribution in [0.15, 0.2) is 367 Å². The predicted molar refractivity (Wildman–Crippen MR) is 435 cm³/mol. The summed E-state index contributed by atoms with van der Waals surface area (Å²) in [6.07, 6.45) is 0. The molecule has 500 valence electrons. The molecule has 0 N–H and O–H groups in total. The monoisotopic (exact) mass is 1370 g/mol. The van der Waals surface area contributed by atoms with Crippen molar-refractivity contribution in [2.24, 2.45) is 0 Å². The van der Waals surface area contributed by atoms with Gasteiger partial charge in [0.25, 0.3) is 0 Å². The molecule has 0 spiro atoms. The van der Waals surface area contributed by atoms with E-state index in [0.717, 1.165) is 160 Å². The second-order valence-corrected chi connectivity index (χ2v) is 27.0. The average Bonchev–Trinajstić information content (AvgIpc) is 1.57. The van der Waals surface area contributed by atoms with Crippen molar-refractivity contribution in [3.63, 3.8) is 0 Å². The zero-order valence-electron chi connectivity index (χ0n) is 57.4. The standard InChI is InChI=1S/C51H31N5O.C45H28N4O/c1-3-13-32(14-4-1)49-52-50(35-23-26-39-37-17-7-10-20-43(37)55(46(39)31-35)36-15-5-2-6-16-36)54-51(53-49)56-44-21-11-8-18-38(44)41-29-33(24-27-45(41)56)34-25-28-48-42(30-34)40-19-9-12-22-47(40)57-48;1-4-12-29(13-5-1)34-20-23-35-37-26-32(33-22-25-42-38(27-33)36-18-10-11-19-41(36)50-42)21-24-39(37)49(40(35)28-34)45-47-43(30-14-6-2-7-15-30)46-44(48-45)31-16-8-3-9-17-31/h1-31H;1-28H. The van der Waals surface area contributed by atoms with Crippen LogP contribution in [0.5, 0.6) is 0 Å². The van der Waals surface area contributed by atoms with Crippen molar-refractivity contribution in [3.05, 3.63) is 358 Å². The Morgan fingerprint density at radius 3 is 0.963 bits per heavy atom. The summed E-state index contributed by atoms with van der Waals surface area (Å²) in [5, 5.41) is 11.3. The fourth-order valence-corrected chi connectivity index (χ4v) is 15.6. The van der Waals surface area contributed by atoms with E-state index in [4.69, 9.17) is 38.7 Å². The maximum atomic E-state index is 6.14. The Bertz CT molecular complexity index is 7190. The molecule has 0 saturated heterocycles. The number of fused-ring (bicyclic) bond motifs is 15. The highest BCUT2D eigenvalue weighted by Crippen LogP contribution is 2.42. The van der Waals surface area contributed by atoms with Gasteiger partial charge in [0, 0.05) is 81.8 Å². The molecular weight excluding hydrogens is 1310 g/mol. The molecule has 11 heteroatoms. The van der Waals surface area contributed by atoms with E-state index in [1.165, 1.54) is 10.8 Å². The quantitative estimate of drug-likeness (QED) is 0.133. The van der Waals surface area contributed by atoms with Crippen LogP contribution in [0.4, 0.5) is 0 Å². The van der Waals surface area contributed by atoms with Crippen molar-refractivity contribution >= 4 is 109 Å². The van der Waals surface area contributed by atoms with Gasteiger partial charge in [0.2, 0.25) is 11.9 Å². The molecule has 11 nitrogen and oxygen atoms in total. The molecule has 0 aliphatic carbocycles. The third-order valence-electron chi connectivity index (χ3n) is 20.7. The number of benzene rings is 15. The first-order chi connectivity index (χ1) is 53.0. The van der Waals surface area contributed by atoms with E-state index in [1.54, 1.807) is 0 Å². The lowest BCUT2D eigenvalue weighted by Gasteiger charge is -2.12. The molecule has 7 heterocycles. The van der Waals surface area contributed by atoms with Crippen LogP contribution in [0.3, 0.4) is 0 Å². The van der Waals surface area contributed by atoms with E-state index in [0.29, 0.717) is 35.2 Å². The molecule has 15 aromatic carbocycles. The Morgan fingerprint density at radius 1 is 0.168 bits per heavy atom. The first kappa shape index (κ1) is 61.0. The number of para-hydroxylation sites is 5. The number of hydrogen-bond acceptors (Lipinski definition) is 8. The third kappa shape index (κ3) is 10.5. The van der Waals surface area contributed by atoms with Crippen molar-refractivity contribution in [1.82, 2.24) is 43.6 Å². The lowest BCUT2D eigenvalue weighted by atomic mass is 10.00. The van der Waals surface area contributed by atoms with Crippen LogP contribution >= 0.6 is 0 Å². The zero-order chi connectivity index (χ0) is 70.5. The van der Waals surface area contributed by atoms with Gasteiger partial charge in [0.05, 0.1) is 33.1 Å². The summed E-state index contributed by atoms with van der Waals surface area (Å²) in [4.78, 5) is 30.9. The Hall–Kier alpha value is -14.7. The third-order valence-corrected chi connectivity index (χ3v) is 20.7. The Balaban J connectivity index is 0.000000138. The zero-order valence-corrected chi connectivity index (χ0v) is 57.4. The summed E-state index contributed by atoms with van der Waals surface area (Å²) in [5.41, 5.74) is 21.5.